The quantitative estimate of drug-likeness (QED) is 0.262. The van der Waals surface area contributed by atoms with Gasteiger partial charge in [-0.05, 0) is 36.4 Å². The largest absolute Gasteiger partial charge is 0.459 e. The second kappa shape index (κ2) is 10.8. The van der Waals surface area contributed by atoms with Crippen molar-refractivity contribution in [3.63, 3.8) is 0 Å². The van der Waals surface area contributed by atoms with Crippen molar-refractivity contribution in [3.8, 4) is 0 Å². The molecule has 0 N–H and O–H groups in total. The number of aromatic nitrogens is 4. The zero-order valence-corrected chi connectivity index (χ0v) is 19.9. The Morgan fingerprint density at radius 1 is 0.919 bits per heavy atom. The number of furan rings is 1. The summed E-state index contributed by atoms with van der Waals surface area (Å²) in [4.78, 5) is 47.2. The van der Waals surface area contributed by atoms with Crippen LogP contribution in [0.25, 0.3) is 0 Å². The smallest absolute Gasteiger partial charge is 0.353 e. The molecule has 1 amide bonds. The van der Waals surface area contributed by atoms with Crippen LogP contribution in [0.2, 0.25) is 0 Å². The highest BCUT2D eigenvalue weighted by Crippen LogP contribution is 2.36. The molecule has 5 heterocycles. The van der Waals surface area contributed by atoms with Crippen molar-refractivity contribution in [2.45, 2.75) is 13.1 Å². The molecule has 0 spiro atoms. The van der Waals surface area contributed by atoms with Gasteiger partial charge in [0.1, 0.15) is 6.33 Å². The number of hydrogen-bond donors (Lipinski definition) is 0. The second-order valence-corrected chi connectivity index (χ2v) is 8.38. The molecular formula is C25H24N8O4. The minimum absolute atomic E-state index is 0.181. The topological polar surface area (TPSA) is 135 Å². The van der Waals surface area contributed by atoms with Crippen LogP contribution in [0.1, 0.15) is 21.9 Å². The average Bonchev–Trinajstić information content (AvgIpc) is 3.48. The zero-order chi connectivity index (χ0) is 25.6. The van der Waals surface area contributed by atoms with E-state index in [2.05, 4.69) is 19.9 Å². The Morgan fingerprint density at radius 2 is 1.59 bits per heavy atom. The molecule has 1 aliphatic rings. The van der Waals surface area contributed by atoms with Crippen LogP contribution in [0.15, 0.2) is 77.9 Å². The maximum atomic E-state index is 12.6. The number of anilines is 2. The van der Waals surface area contributed by atoms with Crippen LogP contribution < -0.4 is 9.80 Å². The number of piperazine rings is 1. The molecule has 0 atom stereocenters. The lowest BCUT2D eigenvalue weighted by atomic mass is 10.2. The molecule has 0 unspecified atom stereocenters. The summed E-state index contributed by atoms with van der Waals surface area (Å²) in [6.45, 7) is 2.10. The van der Waals surface area contributed by atoms with Gasteiger partial charge in [-0.15, -0.1) is 0 Å². The van der Waals surface area contributed by atoms with E-state index in [1.54, 1.807) is 34.3 Å². The number of nitrogens with zero attached hydrogens (tertiary/aromatic N) is 8. The fourth-order valence-electron chi connectivity index (χ4n) is 4.24. The number of rotatable bonds is 8. The molecular weight excluding hydrogens is 476 g/mol. The maximum Gasteiger partial charge on any atom is 0.353 e. The van der Waals surface area contributed by atoms with Gasteiger partial charge in [0.15, 0.2) is 5.76 Å². The number of carbonyl (C=O) groups is 1. The first-order valence-corrected chi connectivity index (χ1v) is 11.7. The molecule has 37 heavy (non-hydrogen) atoms. The number of carbonyl (C=O) groups excluding carboxylic acids is 1. The van der Waals surface area contributed by atoms with E-state index in [1.165, 1.54) is 12.6 Å². The van der Waals surface area contributed by atoms with Crippen LogP contribution in [0.4, 0.5) is 17.3 Å². The Balaban J connectivity index is 1.43. The first-order chi connectivity index (χ1) is 18.1. The van der Waals surface area contributed by atoms with Gasteiger partial charge in [0.25, 0.3) is 5.91 Å². The van der Waals surface area contributed by atoms with Crippen molar-refractivity contribution in [1.29, 1.82) is 0 Å². The summed E-state index contributed by atoms with van der Waals surface area (Å²) >= 11 is 0. The van der Waals surface area contributed by atoms with Gasteiger partial charge in [-0.1, -0.05) is 12.1 Å². The first kappa shape index (κ1) is 23.9. The Kier molecular flexibility index (Phi) is 6.97. The highest BCUT2D eigenvalue weighted by Gasteiger charge is 2.33. The highest BCUT2D eigenvalue weighted by molar-refractivity contribution is 5.91. The Bertz CT molecular complexity index is 1300. The summed E-state index contributed by atoms with van der Waals surface area (Å²) in [5, 5.41) is 12.4. The van der Waals surface area contributed by atoms with E-state index in [1.807, 2.05) is 41.3 Å². The third kappa shape index (κ3) is 5.37. The van der Waals surface area contributed by atoms with E-state index < -0.39 is 4.92 Å². The van der Waals surface area contributed by atoms with Gasteiger partial charge in [0.2, 0.25) is 11.6 Å². The molecule has 0 saturated carbocycles. The van der Waals surface area contributed by atoms with Gasteiger partial charge < -0.3 is 19.1 Å². The van der Waals surface area contributed by atoms with Gasteiger partial charge in [0, 0.05) is 38.6 Å². The Labute approximate surface area is 212 Å². The van der Waals surface area contributed by atoms with E-state index in [-0.39, 0.29) is 29.0 Å². The van der Waals surface area contributed by atoms with Crippen molar-refractivity contribution in [2.24, 2.45) is 0 Å². The zero-order valence-electron chi connectivity index (χ0n) is 19.9. The maximum absolute atomic E-state index is 12.6. The van der Waals surface area contributed by atoms with Crippen molar-refractivity contribution < 1.29 is 14.1 Å². The van der Waals surface area contributed by atoms with Gasteiger partial charge in [-0.25, -0.2) is 9.97 Å². The van der Waals surface area contributed by atoms with Crippen LogP contribution in [-0.4, -0.2) is 61.8 Å². The van der Waals surface area contributed by atoms with Crippen molar-refractivity contribution in [1.82, 2.24) is 24.8 Å². The minimum Gasteiger partial charge on any atom is -0.459 e. The molecule has 0 aliphatic carbocycles. The SMILES string of the molecule is O=C(c1ccco1)N1CCN(c2ncnc(N(Cc3ccccn3)Cc3ccccn3)c2[N+](=O)[O-])CC1. The van der Waals surface area contributed by atoms with Crippen LogP contribution in [0, 0.1) is 10.1 Å². The second-order valence-electron chi connectivity index (χ2n) is 8.38. The average molecular weight is 501 g/mol. The van der Waals surface area contributed by atoms with E-state index >= 15 is 0 Å². The lowest BCUT2D eigenvalue weighted by Crippen LogP contribution is -2.49. The molecule has 4 aromatic heterocycles. The number of amides is 1. The fraction of sp³-hybridized carbons (Fsp3) is 0.240. The summed E-state index contributed by atoms with van der Waals surface area (Å²) in [7, 11) is 0. The van der Waals surface area contributed by atoms with Crippen LogP contribution in [-0.2, 0) is 13.1 Å². The Hall–Kier alpha value is -4.87. The number of hydrogen-bond acceptors (Lipinski definition) is 10. The lowest BCUT2D eigenvalue weighted by molar-refractivity contribution is -0.383. The minimum atomic E-state index is -0.450. The van der Waals surface area contributed by atoms with E-state index in [0.29, 0.717) is 39.3 Å². The summed E-state index contributed by atoms with van der Waals surface area (Å²) in [5.41, 5.74) is 1.27. The van der Waals surface area contributed by atoms with Crippen molar-refractivity contribution >= 4 is 23.2 Å². The van der Waals surface area contributed by atoms with Crippen molar-refractivity contribution in [2.75, 3.05) is 36.0 Å². The monoisotopic (exact) mass is 500 g/mol. The summed E-state index contributed by atoms with van der Waals surface area (Å²) in [6, 6.07) is 14.4. The molecule has 0 bridgehead atoms. The normalized spacial score (nSPS) is 13.4. The summed E-state index contributed by atoms with van der Waals surface area (Å²) < 4.78 is 5.22. The molecule has 0 radical (unpaired) electrons. The molecule has 12 heteroatoms. The molecule has 188 valence electrons. The van der Waals surface area contributed by atoms with Gasteiger partial charge in [-0.3, -0.25) is 24.9 Å². The van der Waals surface area contributed by atoms with Gasteiger partial charge in [0.05, 0.1) is 35.7 Å². The van der Waals surface area contributed by atoms with E-state index in [0.717, 1.165) is 11.4 Å². The molecule has 1 aliphatic heterocycles. The lowest BCUT2D eigenvalue weighted by Gasteiger charge is -2.35. The third-order valence-corrected chi connectivity index (χ3v) is 6.02. The third-order valence-electron chi connectivity index (χ3n) is 6.02. The summed E-state index contributed by atoms with van der Waals surface area (Å²) in [5.74, 6) is 0.454. The van der Waals surface area contributed by atoms with Crippen LogP contribution in [0.3, 0.4) is 0 Å². The van der Waals surface area contributed by atoms with Crippen LogP contribution >= 0.6 is 0 Å². The predicted molar refractivity (Wildman–Crippen MR) is 134 cm³/mol. The molecule has 1 fully saturated rings. The van der Waals surface area contributed by atoms with E-state index in [9.17, 15) is 14.9 Å². The molecule has 5 rings (SSSR count). The molecule has 12 nitrogen and oxygen atoms in total. The molecule has 1 saturated heterocycles. The van der Waals surface area contributed by atoms with Crippen molar-refractivity contribution in [3.05, 3.63) is 101 Å². The molecule has 0 aromatic carbocycles. The number of pyridine rings is 2. The molecule has 4 aromatic rings. The van der Waals surface area contributed by atoms with Gasteiger partial charge >= 0.3 is 5.69 Å². The van der Waals surface area contributed by atoms with Gasteiger partial charge in [-0.2, -0.15) is 0 Å². The summed E-state index contributed by atoms with van der Waals surface area (Å²) in [6.07, 6.45) is 6.15. The highest BCUT2D eigenvalue weighted by atomic mass is 16.6. The number of nitro groups is 1. The van der Waals surface area contributed by atoms with Crippen LogP contribution in [0.5, 0.6) is 0 Å². The first-order valence-electron chi connectivity index (χ1n) is 11.7. The standard InChI is InChI=1S/C25H24N8O4/c34-25(21-8-5-15-37-21)31-13-11-30(12-14-31)23-22(33(35)36)24(29-18-28-23)32(16-19-6-1-3-9-26-19)17-20-7-2-4-10-27-20/h1-10,15,18H,11-14,16-17H2. The Morgan fingerprint density at radius 3 is 2.14 bits per heavy atom. The predicted octanol–water partition coefficient (Wildman–Crippen LogP) is 2.94. The fourth-order valence-corrected chi connectivity index (χ4v) is 4.24. The van der Waals surface area contributed by atoms with E-state index in [4.69, 9.17) is 4.42 Å².